The number of amides is 1. The molecule has 0 unspecified atom stereocenters. The summed E-state index contributed by atoms with van der Waals surface area (Å²) in [6.45, 7) is 9.68. The highest BCUT2D eigenvalue weighted by Gasteiger charge is 2.39. The zero-order valence-corrected chi connectivity index (χ0v) is 22.3. The van der Waals surface area contributed by atoms with E-state index in [1.165, 1.54) is 30.4 Å². The van der Waals surface area contributed by atoms with Gasteiger partial charge in [-0.2, -0.15) is 0 Å². The summed E-state index contributed by atoms with van der Waals surface area (Å²) in [5.74, 6) is 1.64. The number of nitrogens with zero attached hydrogens (tertiary/aromatic N) is 2. The third-order valence-corrected chi connectivity index (χ3v) is 7.14. The molecule has 0 bridgehead atoms. The Morgan fingerprint density at radius 2 is 1.77 bits per heavy atom. The molecule has 3 rings (SSSR count). The average Bonchev–Trinajstić information content (AvgIpc) is 2.70. The van der Waals surface area contributed by atoms with Crippen molar-refractivity contribution in [2.75, 3.05) is 33.7 Å². The fraction of sp³-hybridized carbons (Fsp3) is 0.680. The molecule has 1 aliphatic carbocycles. The predicted molar refractivity (Wildman–Crippen MR) is 140 cm³/mol. The van der Waals surface area contributed by atoms with Gasteiger partial charge in [0, 0.05) is 45.6 Å². The maximum absolute atomic E-state index is 11.7. The van der Waals surface area contributed by atoms with Crippen LogP contribution >= 0.6 is 24.0 Å². The average molecular weight is 541 g/mol. The number of guanidine groups is 1. The van der Waals surface area contributed by atoms with Crippen LogP contribution < -0.4 is 10.6 Å². The van der Waals surface area contributed by atoms with Crippen molar-refractivity contribution in [1.29, 1.82) is 0 Å². The van der Waals surface area contributed by atoms with Gasteiger partial charge in [-0.1, -0.05) is 51.5 Å². The summed E-state index contributed by atoms with van der Waals surface area (Å²) >= 11 is 0. The van der Waals surface area contributed by atoms with Gasteiger partial charge < -0.3 is 15.5 Å². The molecule has 2 fully saturated rings. The second kappa shape index (κ2) is 11.0. The largest absolute Gasteiger partial charge is 0.359 e. The van der Waals surface area contributed by atoms with Gasteiger partial charge in [-0.05, 0) is 48.1 Å². The van der Waals surface area contributed by atoms with Gasteiger partial charge in [-0.3, -0.25) is 9.79 Å². The molecular weight excluding hydrogens is 499 g/mol. The van der Waals surface area contributed by atoms with E-state index in [-0.39, 0.29) is 40.7 Å². The van der Waals surface area contributed by atoms with E-state index in [9.17, 15) is 4.79 Å². The minimum absolute atomic E-state index is 0. The molecule has 174 valence electrons. The molecule has 0 atom stereocenters. The van der Waals surface area contributed by atoms with Crippen LogP contribution in [0.4, 0.5) is 0 Å². The van der Waals surface area contributed by atoms with Gasteiger partial charge in [0.2, 0.25) is 5.91 Å². The zero-order chi connectivity index (χ0) is 21.8. The van der Waals surface area contributed by atoms with Gasteiger partial charge in [0.1, 0.15) is 0 Å². The molecular formula is C25H41IN4O. The van der Waals surface area contributed by atoms with E-state index in [0.29, 0.717) is 12.3 Å². The quantitative estimate of drug-likeness (QED) is 0.330. The van der Waals surface area contributed by atoms with Crippen molar-refractivity contribution in [2.24, 2.45) is 10.9 Å². The van der Waals surface area contributed by atoms with Gasteiger partial charge in [0.15, 0.2) is 5.96 Å². The lowest BCUT2D eigenvalue weighted by molar-refractivity contribution is -0.121. The second-order valence-corrected chi connectivity index (χ2v) is 10.2. The molecule has 1 aromatic rings. The van der Waals surface area contributed by atoms with Crippen LogP contribution in [-0.4, -0.2) is 50.5 Å². The normalized spacial score (nSPS) is 19.3. The molecule has 6 heteroatoms. The summed E-state index contributed by atoms with van der Waals surface area (Å²) in [5, 5.41) is 6.43. The van der Waals surface area contributed by atoms with Crippen LogP contribution in [-0.2, 0) is 15.6 Å². The first kappa shape index (κ1) is 25.9. The molecule has 31 heavy (non-hydrogen) atoms. The zero-order valence-electron chi connectivity index (χ0n) is 20.0. The molecule has 1 saturated heterocycles. The van der Waals surface area contributed by atoms with Crippen LogP contribution in [0.2, 0.25) is 0 Å². The Kier molecular flexibility index (Phi) is 9.22. The Labute approximate surface area is 205 Å². The van der Waals surface area contributed by atoms with E-state index in [0.717, 1.165) is 38.4 Å². The smallest absolute Gasteiger partial charge is 0.220 e. The molecule has 0 radical (unpaired) electrons. The Balaban J connectivity index is 0.00000341. The van der Waals surface area contributed by atoms with E-state index in [1.54, 1.807) is 7.05 Å². The van der Waals surface area contributed by atoms with Crippen molar-refractivity contribution in [2.45, 2.75) is 70.1 Å². The van der Waals surface area contributed by atoms with Crippen LogP contribution in [0.15, 0.2) is 29.3 Å². The van der Waals surface area contributed by atoms with Crippen molar-refractivity contribution in [3.8, 4) is 0 Å². The highest BCUT2D eigenvalue weighted by molar-refractivity contribution is 14.0. The molecule has 2 aliphatic rings. The maximum atomic E-state index is 11.7. The molecule has 0 aromatic heterocycles. The lowest BCUT2D eigenvalue weighted by Gasteiger charge is -2.44. The van der Waals surface area contributed by atoms with Crippen LogP contribution in [0, 0.1) is 5.92 Å². The minimum atomic E-state index is 0. The molecule has 1 saturated carbocycles. The number of nitrogens with one attached hydrogen (secondary N) is 2. The number of likely N-dealkylation sites (tertiary alicyclic amines) is 1. The van der Waals surface area contributed by atoms with Crippen LogP contribution in [0.5, 0.6) is 0 Å². The van der Waals surface area contributed by atoms with Crippen molar-refractivity contribution in [3.63, 3.8) is 0 Å². The molecule has 1 amide bonds. The second-order valence-electron chi connectivity index (χ2n) is 10.2. The molecule has 1 heterocycles. The van der Waals surface area contributed by atoms with Crippen molar-refractivity contribution >= 4 is 35.8 Å². The Morgan fingerprint density at radius 3 is 2.23 bits per heavy atom. The molecule has 0 spiro atoms. The van der Waals surface area contributed by atoms with Gasteiger partial charge in [-0.25, -0.2) is 0 Å². The molecule has 5 nitrogen and oxygen atoms in total. The lowest BCUT2D eigenvalue weighted by atomic mass is 9.64. The van der Waals surface area contributed by atoms with E-state index in [1.807, 2.05) is 7.05 Å². The first-order chi connectivity index (χ1) is 14.3. The number of hydrogen-bond donors (Lipinski definition) is 2. The number of benzene rings is 1. The summed E-state index contributed by atoms with van der Waals surface area (Å²) < 4.78 is 0. The molecule has 1 aromatic carbocycles. The third-order valence-electron chi connectivity index (χ3n) is 7.14. The number of hydrogen-bond acceptors (Lipinski definition) is 2. The third kappa shape index (κ3) is 6.36. The fourth-order valence-electron chi connectivity index (χ4n) is 4.79. The number of halogens is 1. The van der Waals surface area contributed by atoms with Gasteiger partial charge in [0.25, 0.3) is 0 Å². The number of piperidine rings is 1. The minimum Gasteiger partial charge on any atom is -0.359 e. The van der Waals surface area contributed by atoms with Crippen LogP contribution in [0.3, 0.4) is 0 Å². The van der Waals surface area contributed by atoms with Crippen LogP contribution in [0.25, 0.3) is 0 Å². The Morgan fingerprint density at radius 1 is 1.16 bits per heavy atom. The lowest BCUT2D eigenvalue weighted by Crippen LogP contribution is -2.51. The van der Waals surface area contributed by atoms with Crippen molar-refractivity contribution < 1.29 is 4.79 Å². The Hall–Kier alpha value is -1.31. The van der Waals surface area contributed by atoms with Gasteiger partial charge >= 0.3 is 0 Å². The first-order valence-electron chi connectivity index (χ1n) is 11.5. The summed E-state index contributed by atoms with van der Waals surface area (Å²) in [4.78, 5) is 18.6. The SMILES string of the molecule is CN=C(NCC1(c2ccc(C(C)(C)C)cc2)CCC1)N1CCC(CC(=O)NC)CC1.I. The van der Waals surface area contributed by atoms with Crippen molar-refractivity contribution in [1.82, 2.24) is 15.5 Å². The highest BCUT2D eigenvalue weighted by Crippen LogP contribution is 2.43. The summed E-state index contributed by atoms with van der Waals surface area (Å²) in [7, 11) is 3.60. The van der Waals surface area contributed by atoms with E-state index in [2.05, 4.69) is 65.6 Å². The van der Waals surface area contributed by atoms with E-state index >= 15 is 0 Å². The van der Waals surface area contributed by atoms with Crippen molar-refractivity contribution in [3.05, 3.63) is 35.4 Å². The summed E-state index contributed by atoms with van der Waals surface area (Å²) in [5.41, 5.74) is 3.26. The number of carbonyl (C=O) groups excluding carboxylic acids is 1. The number of carbonyl (C=O) groups is 1. The van der Waals surface area contributed by atoms with E-state index < -0.39 is 0 Å². The maximum Gasteiger partial charge on any atom is 0.220 e. The monoisotopic (exact) mass is 540 g/mol. The highest BCUT2D eigenvalue weighted by atomic mass is 127. The summed E-state index contributed by atoms with van der Waals surface area (Å²) in [6.07, 6.45) is 6.51. The number of rotatable bonds is 5. The van der Waals surface area contributed by atoms with Gasteiger partial charge in [0.05, 0.1) is 0 Å². The Bertz CT molecular complexity index is 742. The molecule has 2 N–H and O–H groups in total. The van der Waals surface area contributed by atoms with E-state index in [4.69, 9.17) is 0 Å². The van der Waals surface area contributed by atoms with Crippen LogP contribution in [0.1, 0.15) is 70.4 Å². The fourth-order valence-corrected chi connectivity index (χ4v) is 4.79. The topological polar surface area (TPSA) is 56.7 Å². The number of aliphatic imine (C=N–C) groups is 1. The predicted octanol–water partition coefficient (Wildman–Crippen LogP) is 4.45. The first-order valence-corrected chi connectivity index (χ1v) is 11.5. The standard InChI is InChI=1S/C25H40N4O.HI/c1-24(2,3)20-7-9-21(10-8-20)25(13-6-14-25)18-28-23(27-5)29-15-11-19(12-16-29)17-22(30)26-4;/h7-10,19H,6,11-18H2,1-5H3,(H,26,30)(H,27,28);1H. The summed E-state index contributed by atoms with van der Waals surface area (Å²) in [6, 6.07) is 9.30. The molecule has 1 aliphatic heterocycles. The van der Waals surface area contributed by atoms with Gasteiger partial charge in [-0.15, -0.1) is 24.0 Å².